The van der Waals surface area contributed by atoms with Crippen molar-refractivity contribution in [3.63, 3.8) is 0 Å². The minimum Gasteiger partial charge on any atom is -0.307 e. The van der Waals surface area contributed by atoms with Crippen molar-refractivity contribution in [1.82, 2.24) is 5.32 Å². The zero-order valence-electron chi connectivity index (χ0n) is 11.4. The minimum atomic E-state index is 0.367. The minimum absolute atomic E-state index is 0.367. The summed E-state index contributed by atoms with van der Waals surface area (Å²) < 4.78 is 1.13. The van der Waals surface area contributed by atoms with Gasteiger partial charge in [-0.3, -0.25) is 0 Å². The van der Waals surface area contributed by atoms with Gasteiger partial charge in [0.2, 0.25) is 0 Å². The summed E-state index contributed by atoms with van der Waals surface area (Å²) in [6.45, 7) is 4.45. The number of halogens is 1. The number of hydrogen-bond acceptors (Lipinski definition) is 1. The van der Waals surface area contributed by atoms with Crippen LogP contribution in [-0.4, -0.2) is 6.04 Å². The molecule has 1 unspecified atom stereocenters. The van der Waals surface area contributed by atoms with Gasteiger partial charge in [-0.1, -0.05) is 58.4 Å². The fourth-order valence-electron chi connectivity index (χ4n) is 2.30. The van der Waals surface area contributed by atoms with Crippen LogP contribution in [0.4, 0.5) is 0 Å². The zero-order chi connectivity index (χ0) is 13.7. The average Bonchev–Trinajstić information content (AvgIpc) is 2.40. The Balaban J connectivity index is 1.91. The van der Waals surface area contributed by atoms with E-state index in [0.717, 1.165) is 10.9 Å². The molecule has 0 aliphatic rings. The van der Waals surface area contributed by atoms with E-state index in [9.17, 15) is 0 Å². The van der Waals surface area contributed by atoms with E-state index in [4.69, 9.17) is 0 Å². The normalized spacial score (nSPS) is 14.1. The molecule has 19 heavy (non-hydrogen) atoms. The largest absolute Gasteiger partial charge is 0.307 e. The Morgan fingerprint density at radius 3 is 2.21 bits per heavy atom. The first kappa shape index (κ1) is 14.3. The molecule has 0 spiro atoms. The van der Waals surface area contributed by atoms with E-state index in [1.807, 2.05) is 0 Å². The van der Waals surface area contributed by atoms with Crippen LogP contribution in [0.15, 0.2) is 59.1 Å². The standard InChI is InChI=1S/C17H20BrN/c1-13(12-15-6-4-3-5-7-15)19-14(2)16-8-10-17(18)11-9-16/h3-11,13-14,19H,12H2,1-2H3/t13?,14-/m1/s1. The molecule has 1 N–H and O–H groups in total. The Kier molecular flexibility index (Phi) is 5.17. The van der Waals surface area contributed by atoms with E-state index < -0.39 is 0 Å². The summed E-state index contributed by atoms with van der Waals surface area (Å²) in [5.74, 6) is 0. The molecule has 2 atom stereocenters. The van der Waals surface area contributed by atoms with E-state index in [0.29, 0.717) is 12.1 Å². The SMILES string of the molecule is CC(Cc1ccccc1)N[C@H](C)c1ccc(Br)cc1. The second-order valence-electron chi connectivity index (χ2n) is 5.03. The number of nitrogens with one attached hydrogen (secondary N) is 1. The summed E-state index contributed by atoms with van der Waals surface area (Å²) in [5.41, 5.74) is 2.70. The molecule has 100 valence electrons. The van der Waals surface area contributed by atoms with Gasteiger partial charge >= 0.3 is 0 Å². The molecule has 0 saturated heterocycles. The molecule has 2 aromatic carbocycles. The Labute approximate surface area is 124 Å². The number of hydrogen-bond donors (Lipinski definition) is 1. The second-order valence-corrected chi connectivity index (χ2v) is 5.95. The van der Waals surface area contributed by atoms with Crippen LogP contribution in [0.25, 0.3) is 0 Å². The summed E-state index contributed by atoms with van der Waals surface area (Å²) >= 11 is 3.47. The Bertz CT molecular complexity index is 492. The summed E-state index contributed by atoms with van der Waals surface area (Å²) in [4.78, 5) is 0. The van der Waals surface area contributed by atoms with Gasteiger partial charge < -0.3 is 5.32 Å². The van der Waals surface area contributed by atoms with Crippen molar-refractivity contribution >= 4 is 15.9 Å². The highest BCUT2D eigenvalue weighted by Crippen LogP contribution is 2.17. The molecule has 2 heteroatoms. The molecule has 2 aromatic rings. The molecular weight excluding hydrogens is 298 g/mol. The first-order valence-corrected chi connectivity index (χ1v) is 7.50. The van der Waals surface area contributed by atoms with Gasteiger partial charge in [0.25, 0.3) is 0 Å². The van der Waals surface area contributed by atoms with Crippen molar-refractivity contribution in [2.75, 3.05) is 0 Å². The van der Waals surface area contributed by atoms with Crippen LogP contribution in [0, 0.1) is 0 Å². The quantitative estimate of drug-likeness (QED) is 0.840. The first-order chi connectivity index (χ1) is 9.15. The lowest BCUT2D eigenvalue weighted by Gasteiger charge is -2.20. The van der Waals surface area contributed by atoms with Crippen LogP contribution < -0.4 is 5.32 Å². The van der Waals surface area contributed by atoms with Crippen LogP contribution in [0.1, 0.15) is 31.0 Å². The predicted molar refractivity (Wildman–Crippen MR) is 85.3 cm³/mol. The van der Waals surface area contributed by atoms with Gasteiger partial charge in [-0.25, -0.2) is 0 Å². The fourth-order valence-corrected chi connectivity index (χ4v) is 2.57. The summed E-state index contributed by atoms with van der Waals surface area (Å²) in [6.07, 6.45) is 1.06. The lowest BCUT2D eigenvalue weighted by atomic mass is 10.0. The van der Waals surface area contributed by atoms with Crippen LogP contribution in [0.5, 0.6) is 0 Å². The molecule has 0 aliphatic heterocycles. The van der Waals surface area contributed by atoms with Crippen molar-refractivity contribution < 1.29 is 0 Å². The molecule has 0 fully saturated rings. The summed E-state index contributed by atoms with van der Waals surface area (Å²) in [5, 5.41) is 3.65. The van der Waals surface area contributed by atoms with Crippen LogP contribution in [0.2, 0.25) is 0 Å². The summed E-state index contributed by atoms with van der Waals surface area (Å²) in [7, 11) is 0. The van der Waals surface area contributed by atoms with Crippen molar-refractivity contribution in [1.29, 1.82) is 0 Å². The van der Waals surface area contributed by atoms with Crippen molar-refractivity contribution in [3.8, 4) is 0 Å². The van der Waals surface area contributed by atoms with Crippen LogP contribution in [0.3, 0.4) is 0 Å². The number of benzene rings is 2. The number of rotatable bonds is 5. The van der Waals surface area contributed by atoms with E-state index >= 15 is 0 Å². The third-order valence-corrected chi connectivity index (χ3v) is 3.82. The highest BCUT2D eigenvalue weighted by Gasteiger charge is 2.09. The Morgan fingerprint density at radius 2 is 1.58 bits per heavy atom. The van der Waals surface area contributed by atoms with E-state index in [-0.39, 0.29) is 0 Å². The molecule has 0 radical (unpaired) electrons. The van der Waals surface area contributed by atoms with E-state index in [2.05, 4.69) is 89.7 Å². The van der Waals surface area contributed by atoms with Gasteiger partial charge in [0.1, 0.15) is 0 Å². The molecule has 0 saturated carbocycles. The molecule has 1 nitrogen and oxygen atoms in total. The van der Waals surface area contributed by atoms with Crippen molar-refractivity contribution in [2.45, 2.75) is 32.4 Å². The third-order valence-electron chi connectivity index (χ3n) is 3.29. The molecular formula is C17H20BrN. The van der Waals surface area contributed by atoms with Crippen LogP contribution in [-0.2, 0) is 6.42 Å². The maximum Gasteiger partial charge on any atom is 0.0294 e. The fraction of sp³-hybridized carbons (Fsp3) is 0.294. The maximum atomic E-state index is 3.65. The monoisotopic (exact) mass is 317 g/mol. The topological polar surface area (TPSA) is 12.0 Å². The van der Waals surface area contributed by atoms with Gasteiger partial charge in [-0.2, -0.15) is 0 Å². The Morgan fingerprint density at radius 1 is 0.947 bits per heavy atom. The first-order valence-electron chi connectivity index (χ1n) is 6.70. The van der Waals surface area contributed by atoms with Crippen molar-refractivity contribution in [2.24, 2.45) is 0 Å². The average molecular weight is 318 g/mol. The highest BCUT2D eigenvalue weighted by molar-refractivity contribution is 9.10. The van der Waals surface area contributed by atoms with E-state index in [1.165, 1.54) is 11.1 Å². The molecule has 0 amide bonds. The van der Waals surface area contributed by atoms with Crippen LogP contribution >= 0.6 is 15.9 Å². The highest BCUT2D eigenvalue weighted by atomic mass is 79.9. The van der Waals surface area contributed by atoms with Gasteiger partial charge in [-0.15, -0.1) is 0 Å². The predicted octanol–water partition coefficient (Wildman–Crippen LogP) is 4.73. The molecule has 0 aromatic heterocycles. The summed E-state index contributed by atoms with van der Waals surface area (Å²) in [6, 6.07) is 20.0. The molecule has 2 rings (SSSR count). The molecule has 0 bridgehead atoms. The Hall–Kier alpha value is -1.12. The third kappa shape index (κ3) is 4.48. The van der Waals surface area contributed by atoms with E-state index in [1.54, 1.807) is 0 Å². The zero-order valence-corrected chi connectivity index (χ0v) is 13.0. The lowest BCUT2D eigenvalue weighted by Crippen LogP contribution is -2.30. The van der Waals surface area contributed by atoms with Gasteiger partial charge in [-0.05, 0) is 43.5 Å². The maximum absolute atomic E-state index is 3.65. The van der Waals surface area contributed by atoms with Gasteiger partial charge in [0, 0.05) is 16.6 Å². The van der Waals surface area contributed by atoms with Gasteiger partial charge in [0.05, 0.1) is 0 Å². The van der Waals surface area contributed by atoms with Gasteiger partial charge in [0.15, 0.2) is 0 Å². The lowest BCUT2D eigenvalue weighted by molar-refractivity contribution is 0.477. The second kappa shape index (κ2) is 6.88. The molecule has 0 aliphatic carbocycles. The smallest absolute Gasteiger partial charge is 0.0294 e. The van der Waals surface area contributed by atoms with Crippen molar-refractivity contribution in [3.05, 3.63) is 70.2 Å². The molecule has 0 heterocycles.